The Labute approximate surface area is 106 Å². The van der Waals surface area contributed by atoms with Crippen LogP contribution in [0.5, 0.6) is 5.75 Å². The minimum Gasteiger partial charge on any atom is -0.424 e. The summed E-state index contributed by atoms with van der Waals surface area (Å²) in [4.78, 5) is 10.8. The number of ether oxygens (including phenoxy) is 2. The van der Waals surface area contributed by atoms with Crippen molar-refractivity contribution >= 4 is 6.16 Å². The van der Waals surface area contributed by atoms with Crippen molar-refractivity contribution in [3.63, 3.8) is 0 Å². The SMILES string of the molecule is O=C(OCC(F)(F)F)Oc1ccc(F)c(C(F)(F)F)c1. The van der Waals surface area contributed by atoms with Crippen LogP contribution >= 0.6 is 0 Å². The third-order valence-corrected chi connectivity index (χ3v) is 1.80. The highest BCUT2D eigenvalue weighted by Crippen LogP contribution is 2.33. The Morgan fingerprint density at radius 1 is 1.10 bits per heavy atom. The molecule has 0 aliphatic heterocycles. The number of rotatable bonds is 2. The summed E-state index contributed by atoms with van der Waals surface area (Å²) >= 11 is 0. The lowest BCUT2D eigenvalue weighted by Gasteiger charge is -2.11. The lowest BCUT2D eigenvalue weighted by molar-refractivity contribution is -0.163. The number of hydrogen-bond acceptors (Lipinski definition) is 3. The molecule has 1 aromatic carbocycles. The van der Waals surface area contributed by atoms with Crippen LogP contribution in [0.3, 0.4) is 0 Å². The average molecular weight is 306 g/mol. The summed E-state index contributed by atoms with van der Waals surface area (Å²) in [5.41, 5.74) is -1.72. The maximum Gasteiger partial charge on any atom is 0.514 e. The van der Waals surface area contributed by atoms with Crippen molar-refractivity contribution in [2.45, 2.75) is 12.4 Å². The molecular weight excluding hydrogens is 301 g/mol. The van der Waals surface area contributed by atoms with Gasteiger partial charge in [-0.25, -0.2) is 9.18 Å². The van der Waals surface area contributed by atoms with E-state index in [4.69, 9.17) is 0 Å². The second-order valence-corrected chi connectivity index (χ2v) is 3.40. The van der Waals surface area contributed by atoms with Crippen molar-refractivity contribution in [3.8, 4) is 5.75 Å². The number of hydrogen-bond donors (Lipinski definition) is 0. The summed E-state index contributed by atoms with van der Waals surface area (Å²) < 4.78 is 92.6. The van der Waals surface area contributed by atoms with Gasteiger partial charge in [0.25, 0.3) is 0 Å². The Bertz CT molecular complexity index is 493. The zero-order valence-electron chi connectivity index (χ0n) is 9.31. The van der Waals surface area contributed by atoms with Crippen LogP contribution in [-0.4, -0.2) is 18.9 Å². The van der Waals surface area contributed by atoms with Crippen LogP contribution in [0.2, 0.25) is 0 Å². The summed E-state index contributed by atoms with van der Waals surface area (Å²) in [5, 5.41) is 0. The number of carbonyl (C=O) groups is 1. The molecule has 0 bridgehead atoms. The zero-order chi connectivity index (χ0) is 15.6. The Hall–Kier alpha value is -2.00. The van der Waals surface area contributed by atoms with Crippen molar-refractivity contribution in [2.24, 2.45) is 0 Å². The van der Waals surface area contributed by atoms with Crippen molar-refractivity contribution in [1.29, 1.82) is 0 Å². The second-order valence-electron chi connectivity index (χ2n) is 3.40. The summed E-state index contributed by atoms with van der Waals surface area (Å²) in [5.74, 6) is -2.42. The molecule has 1 rings (SSSR count). The molecular formula is C10H5F7O3. The molecule has 0 N–H and O–H groups in total. The summed E-state index contributed by atoms with van der Waals surface area (Å²) in [6.45, 7) is -1.96. The summed E-state index contributed by atoms with van der Waals surface area (Å²) in [6.07, 6.45) is -11.7. The van der Waals surface area contributed by atoms with E-state index in [0.29, 0.717) is 12.1 Å². The van der Waals surface area contributed by atoms with E-state index in [1.165, 1.54) is 0 Å². The van der Waals surface area contributed by atoms with Gasteiger partial charge in [0.15, 0.2) is 6.61 Å². The van der Waals surface area contributed by atoms with E-state index in [9.17, 15) is 35.5 Å². The van der Waals surface area contributed by atoms with Gasteiger partial charge in [-0.05, 0) is 18.2 Å². The molecule has 0 atom stereocenters. The highest BCUT2D eigenvalue weighted by Gasteiger charge is 2.35. The van der Waals surface area contributed by atoms with Gasteiger partial charge in [-0.2, -0.15) is 26.3 Å². The van der Waals surface area contributed by atoms with E-state index in [0.717, 1.165) is 0 Å². The highest BCUT2D eigenvalue weighted by molar-refractivity contribution is 5.63. The normalized spacial score (nSPS) is 12.2. The van der Waals surface area contributed by atoms with Crippen LogP contribution in [0.25, 0.3) is 0 Å². The van der Waals surface area contributed by atoms with Gasteiger partial charge in [0.05, 0.1) is 5.56 Å². The molecule has 0 saturated heterocycles. The molecule has 0 amide bonds. The van der Waals surface area contributed by atoms with E-state index in [2.05, 4.69) is 9.47 Å². The van der Waals surface area contributed by atoms with Crippen molar-refractivity contribution in [2.75, 3.05) is 6.61 Å². The maximum absolute atomic E-state index is 12.9. The lowest BCUT2D eigenvalue weighted by Crippen LogP contribution is -2.22. The standard InChI is InChI=1S/C10H5F7O3/c11-7-2-1-5(3-6(7)10(15,16)17)20-8(18)19-4-9(12,13)14/h1-3H,4H2. The second kappa shape index (κ2) is 5.55. The Morgan fingerprint density at radius 2 is 1.70 bits per heavy atom. The van der Waals surface area contributed by atoms with E-state index in [-0.39, 0.29) is 6.07 Å². The smallest absolute Gasteiger partial charge is 0.424 e. The van der Waals surface area contributed by atoms with Crippen LogP contribution in [-0.2, 0) is 10.9 Å². The van der Waals surface area contributed by atoms with Crippen molar-refractivity contribution < 1.29 is 45.0 Å². The van der Waals surface area contributed by atoms with Crippen LogP contribution in [0, 0.1) is 5.82 Å². The molecule has 0 aliphatic rings. The number of benzene rings is 1. The monoisotopic (exact) mass is 306 g/mol. The van der Waals surface area contributed by atoms with Crippen molar-refractivity contribution in [3.05, 3.63) is 29.6 Å². The Balaban J connectivity index is 2.77. The van der Waals surface area contributed by atoms with Gasteiger partial charge in [-0.1, -0.05) is 0 Å². The highest BCUT2D eigenvalue weighted by atomic mass is 19.4. The third-order valence-electron chi connectivity index (χ3n) is 1.80. The largest absolute Gasteiger partial charge is 0.514 e. The van der Waals surface area contributed by atoms with Gasteiger partial charge in [0, 0.05) is 0 Å². The fourth-order valence-corrected chi connectivity index (χ4v) is 1.05. The molecule has 0 radical (unpaired) electrons. The van der Waals surface area contributed by atoms with E-state index >= 15 is 0 Å². The third kappa shape index (κ3) is 4.94. The first-order valence-electron chi connectivity index (χ1n) is 4.77. The maximum atomic E-state index is 12.9. The molecule has 0 aromatic heterocycles. The van der Waals surface area contributed by atoms with Crippen LogP contribution in [0.1, 0.15) is 5.56 Å². The van der Waals surface area contributed by atoms with Gasteiger partial charge in [0.1, 0.15) is 11.6 Å². The molecule has 3 nitrogen and oxygen atoms in total. The molecule has 1 aromatic rings. The Kier molecular flexibility index (Phi) is 4.46. The minimum atomic E-state index is -5.04. The molecule has 0 fully saturated rings. The van der Waals surface area contributed by atoms with E-state index in [1.54, 1.807) is 0 Å². The molecule has 0 unspecified atom stereocenters. The van der Waals surface area contributed by atoms with E-state index < -0.39 is 42.2 Å². The lowest BCUT2D eigenvalue weighted by atomic mass is 10.2. The predicted molar refractivity (Wildman–Crippen MR) is 49.4 cm³/mol. The molecule has 0 spiro atoms. The molecule has 0 heterocycles. The summed E-state index contributed by atoms with van der Waals surface area (Å²) in [6, 6.07) is 1.12. The van der Waals surface area contributed by atoms with Gasteiger partial charge in [-0.15, -0.1) is 0 Å². The predicted octanol–water partition coefficient (Wildman–Crippen LogP) is 3.92. The van der Waals surface area contributed by atoms with Gasteiger partial charge in [0.2, 0.25) is 0 Å². The average Bonchev–Trinajstić information content (AvgIpc) is 2.27. The number of halogens is 7. The zero-order valence-corrected chi connectivity index (χ0v) is 9.31. The number of alkyl halides is 6. The van der Waals surface area contributed by atoms with E-state index in [1.807, 2.05) is 0 Å². The first-order chi connectivity index (χ1) is 8.99. The fourth-order valence-electron chi connectivity index (χ4n) is 1.05. The Morgan fingerprint density at radius 3 is 2.20 bits per heavy atom. The minimum absolute atomic E-state index is 0.129. The molecule has 20 heavy (non-hydrogen) atoms. The quantitative estimate of drug-likeness (QED) is 0.472. The van der Waals surface area contributed by atoms with Gasteiger partial charge in [-0.3, -0.25) is 0 Å². The first kappa shape index (κ1) is 16.1. The van der Waals surface area contributed by atoms with Gasteiger partial charge < -0.3 is 9.47 Å². The topological polar surface area (TPSA) is 35.5 Å². The number of carbonyl (C=O) groups excluding carboxylic acids is 1. The fraction of sp³-hybridized carbons (Fsp3) is 0.300. The molecule has 10 heteroatoms. The van der Waals surface area contributed by atoms with Gasteiger partial charge >= 0.3 is 18.5 Å². The molecule has 0 aliphatic carbocycles. The molecule has 112 valence electrons. The van der Waals surface area contributed by atoms with Crippen LogP contribution in [0.15, 0.2) is 18.2 Å². The van der Waals surface area contributed by atoms with Crippen LogP contribution in [0.4, 0.5) is 35.5 Å². The molecule has 0 saturated carbocycles. The first-order valence-corrected chi connectivity index (χ1v) is 4.77. The van der Waals surface area contributed by atoms with Crippen molar-refractivity contribution in [1.82, 2.24) is 0 Å². The summed E-state index contributed by atoms with van der Waals surface area (Å²) in [7, 11) is 0. The van der Waals surface area contributed by atoms with Crippen LogP contribution < -0.4 is 4.74 Å².